The molecule has 1 unspecified atom stereocenters. The van der Waals surface area contributed by atoms with Crippen LogP contribution in [0.15, 0.2) is 24.3 Å². The van der Waals surface area contributed by atoms with Gasteiger partial charge in [-0.15, -0.1) is 0 Å². The second-order valence-electron chi connectivity index (χ2n) is 6.41. The number of benzene rings is 1. The summed E-state index contributed by atoms with van der Waals surface area (Å²) in [5.74, 6) is -0.797. The number of aliphatic carboxylic acids is 1. The van der Waals surface area contributed by atoms with Gasteiger partial charge in [-0.3, -0.25) is 9.59 Å². The van der Waals surface area contributed by atoms with E-state index >= 15 is 0 Å². The Bertz CT molecular complexity index is 540. The Morgan fingerprint density at radius 3 is 2.52 bits per heavy atom. The molecular weight excluding hydrogens is 294 g/mol. The Labute approximate surface area is 138 Å². The monoisotopic (exact) mass is 321 g/mol. The zero-order chi connectivity index (χ0) is 17.5. The quantitative estimate of drug-likeness (QED) is 0.733. The number of carbonyl (C=O) groups excluding carboxylic acids is 1. The molecule has 0 aromatic heterocycles. The van der Waals surface area contributed by atoms with Gasteiger partial charge in [0.25, 0.3) is 0 Å². The van der Waals surface area contributed by atoms with Crippen LogP contribution >= 0.6 is 0 Å². The molecule has 5 heteroatoms. The van der Waals surface area contributed by atoms with Gasteiger partial charge in [0.2, 0.25) is 5.91 Å². The van der Waals surface area contributed by atoms with E-state index in [-0.39, 0.29) is 12.5 Å². The summed E-state index contributed by atoms with van der Waals surface area (Å²) in [4.78, 5) is 23.6. The number of hydrogen-bond acceptors (Lipinski definition) is 3. The van der Waals surface area contributed by atoms with Crippen molar-refractivity contribution in [3.05, 3.63) is 29.8 Å². The van der Waals surface area contributed by atoms with Gasteiger partial charge in [0.05, 0.1) is 13.0 Å². The molecule has 1 aromatic carbocycles. The van der Waals surface area contributed by atoms with Crippen LogP contribution in [0.3, 0.4) is 0 Å². The number of carboxylic acids is 1. The number of carboxylic acid groups (broad SMARTS) is 1. The second kappa shape index (κ2) is 8.56. The summed E-state index contributed by atoms with van der Waals surface area (Å²) in [6.07, 6.45) is 1.86. The van der Waals surface area contributed by atoms with E-state index in [1.54, 1.807) is 7.11 Å². The second-order valence-corrected chi connectivity index (χ2v) is 6.41. The number of hydrogen-bond donors (Lipinski definition) is 2. The van der Waals surface area contributed by atoms with Crippen LogP contribution in [0.25, 0.3) is 0 Å². The van der Waals surface area contributed by atoms with Gasteiger partial charge in [-0.1, -0.05) is 45.4 Å². The molecule has 0 spiro atoms. The van der Waals surface area contributed by atoms with Crippen LogP contribution in [0.5, 0.6) is 5.75 Å². The number of nitrogens with one attached hydrogen (secondary N) is 1. The minimum Gasteiger partial charge on any atom is -0.496 e. The number of ether oxygens (including phenoxy) is 1. The molecule has 0 saturated heterocycles. The third kappa shape index (κ3) is 5.58. The highest BCUT2D eigenvalue weighted by atomic mass is 16.5. The van der Waals surface area contributed by atoms with E-state index in [4.69, 9.17) is 9.84 Å². The molecular formula is C18H27NO4. The lowest BCUT2D eigenvalue weighted by Crippen LogP contribution is -2.41. The summed E-state index contributed by atoms with van der Waals surface area (Å²) < 4.78 is 5.32. The van der Waals surface area contributed by atoms with Gasteiger partial charge in [-0.2, -0.15) is 0 Å². The van der Waals surface area contributed by atoms with Crippen molar-refractivity contribution >= 4 is 11.9 Å². The molecule has 0 bridgehead atoms. The van der Waals surface area contributed by atoms with E-state index in [9.17, 15) is 9.59 Å². The SMILES string of the molecule is CCCC(CNC(=O)C(C)(C)Cc1ccccc1OC)C(=O)O. The van der Waals surface area contributed by atoms with E-state index in [1.165, 1.54) is 0 Å². The van der Waals surface area contributed by atoms with E-state index in [0.717, 1.165) is 17.7 Å². The number of carbonyl (C=O) groups is 2. The van der Waals surface area contributed by atoms with Crippen molar-refractivity contribution in [1.82, 2.24) is 5.32 Å². The lowest BCUT2D eigenvalue weighted by atomic mass is 9.84. The molecule has 23 heavy (non-hydrogen) atoms. The van der Waals surface area contributed by atoms with E-state index < -0.39 is 17.3 Å². The molecule has 0 aliphatic rings. The van der Waals surface area contributed by atoms with Gasteiger partial charge in [-0.25, -0.2) is 0 Å². The zero-order valence-electron chi connectivity index (χ0n) is 14.4. The van der Waals surface area contributed by atoms with Gasteiger partial charge >= 0.3 is 5.97 Å². The van der Waals surface area contributed by atoms with Gasteiger partial charge in [0.1, 0.15) is 5.75 Å². The highest BCUT2D eigenvalue weighted by Crippen LogP contribution is 2.28. The fraction of sp³-hybridized carbons (Fsp3) is 0.556. The van der Waals surface area contributed by atoms with Crippen LogP contribution in [0.1, 0.15) is 39.2 Å². The van der Waals surface area contributed by atoms with E-state index in [0.29, 0.717) is 12.8 Å². The van der Waals surface area contributed by atoms with Crippen molar-refractivity contribution in [1.29, 1.82) is 0 Å². The first-order valence-corrected chi connectivity index (χ1v) is 7.94. The molecule has 0 aliphatic carbocycles. The smallest absolute Gasteiger partial charge is 0.308 e. The Morgan fingerprint density at radius 1 is 1.30 bits per heavy atom. The van der Waals surface area contributed by atoms with Crippen molar-refractivity contribution in [2.75, 3.05) is 13.7 Å². The molecule has 128 valence electrons. The van der Waals surface area contributed by atoms with Gasteiger partial charge in [0, 0.05) is 12.0 Å². The first kappa shape index (κ1) is 19.0. The Morgan fingerprint density at radius 2 is 1.96 bits per heavy atom. The van der Waals surface area contributed by atoms with Gasteiger partial charge in [0.15, 0.2) is 0 Å². The predicted molar refractivity (Wildman–Crippen MR) is 89.5 cm³/mol. The molecule has 0 radical (unpaired) electrons. The standard InChI is InChI=1S/C18H27NO4/c1-5-8-14(16(20)21)12-19-17(22)18(2,3)11-13-9-6-7-10-15(13)23-4/h6-7,9-10,14H,5,8,11-12H2,1-4H3,(H,19,22)(H,20,21). The van der Waals surface area contributed by atoms with Crippen molar-refractivity contribution < 1.29 is 19.4 Å². The summed E-state index contributed by atoms with van der Waals surface area (Å²) in [7, 11) is 1.61. The maximum absolute atomic E-state index is 12.5. The highest BCUT2D eigenvalue weighted by molar-refractivity contribution is 5.83. The highest BCUT2D eigenvalue weighted by Gasteiger charge is 2.30. The van der Waals surface area contributed by atoms with Crippen LogP contribution < -0.4 is 10.1 Å². The van der Waals surface area contributed by atoms with E-state index in [2.05, 4.69) is 5.32 Å². The maximum Gasteiger partial charge on any atom is 0.308 e. The molecule has 5 nitrogen and oxygen atoms in total. The van der Waals surface area contributed by atoms with E-state index in [1.807, 2.05) is 45.0 Å². The fourth-order valence-corrected chi connectivity index (χ4v) is 2.52. The number of amides is 1. The average Bonchev–Trinajstić information content (AvgIpc) is 2.50. The fourth-order valence-electron chi connectivity index (χ4n) is 2.52. The first-order valence-electron chi connectivity index (χ1n) is 7.94. The predicted octanol–water partition coefficient (Wildman–Crippen LogP) is 2.88. The third-order valence-electron chi connectivity index (χ3n) is 3.93. The Hall–Kier alpha value is -2.04. The number of rotatable bonds is 9. The lowest BCUT2D eigenvalue weighted by molar-refractivity contribution is -0.142. The molecule has 0 heterocycles. The molecule has 0 saturated carbocycles. The first-order chi connectivity index (χ1) is 10.8. The van der Waals surface area contributed by atoms with Crippen molar-refractivity contribution in [3.8, 4) is 5.75 Å². The summed E-state index contributed by atoms with van der Waals surface area (Å²) >= 11 is 0. The van der Waals surface area contributed by atoms with Crippen LogP contribution in [-0.2, 0) is 16.0 Å². The van der Waals surface area contributed by atoms with Crippen LogP contribution in [0.2, 0.25) is 0 Å². The Kier molecular flexibility index (Phi) is 7.07. The average molecular weight is 321 g/mol. The van der Waals surface area contributed by atoms with Crippen molar-refractivity contribution in [2.24, 2.45) is 11.3 Å². The normalized spacial score (nSPS) is 12.5. The van der Waals surface area contributed by atoms with Crippen molar-refractivity contribution in [3.63, 3.8) is 0 Å². The molecule has 0 aliphatic heterocycles. The molecule has 1 rings (SSSR count). The van der Waals surface area contributed by atoms with Crippen LogP contribution in [-0.4, -0.2) is 30.6 Å². The molecule has 1 aromatic rings. The summed E-state index contributed by atoms with van der Waals surface area (Å²) in [5, 5.41) is 11.9. The topological polar surface area (TPSA) is 75.6 Å². The van der Waals surface area contributed by atoms with Gasteiger partial charge < -0.3 is 15.2 Å². The summed E-state index contributed by atoms with van der Waals surface area (Å²) in [6.45, 7) is 5.80. The molecule has 1 amide bonds. The molecule has 1 atom stereocenters. The van der Waals surface area contributed by atoms with Gasteiger partial charge in [-0.05, 0) is 24.5 Å². The van der Waals surface area contributed by atoms with Crippen LogP contribution in [0, 0.1) is 11.3 Å². The lowest BCUT2D eigenvalue weighted by Gasteiger charge is -2.25. The Balaban J connectivity index is 2.71. The summed E-state index contributed by atoms with van der Waals surface area (Å²) in [5.41, 5.74) is 0.308. The summed E-state index contributed by atoms with van der Waals surface area (Å²) in [6, 6.07) is 7.60. The minimum absolute atomic E-state index is 0.147. The third-order valence-corrected chi connectivity index (χ3v) is 3.93. The number of methoxy groups -OCH3 is 1. The maximum atomic E-state index is 12.5. The van der Waals surface area contributed by atoms with Crippen LogP contribution in [0.4, 0.5) is 0 Å². The number of para-hydroxylation sites is 1. The zero-order valence-corrected chi connectivity index (χ0v) is 14.4. The van der Waals surface area contributed by atoms with Crippen molar-refractivity contribution in [2.45, 2.75) is 40.0 Å². The molecule has 0 fully saturated rings. The minimum atomic E-state index is -0.866. The molecule has 2 N–H and O–H groups in total. The largest absolute Gasteiger partial charge is 0.496 e.